The Labute approximate surface area is 412 Å². The Morgan fingerprint density at radius 1 is 0.507 bits per heavy atom. The molecule has 0 spiro atoms. The predicted molar refractivity (Wildman–Crippen MR) is 277 cm³/mol. The summed E-state index contributed by atoms with van der Waals surface area (Å²) < 4.78 is 34.7. The molecule has 3 aromatic heterocycles. The molecular formula is C61H56IrN4O-2. The molecule has 0 aliphatic carbocycles. The van der Waals surface area contributed by atoms with Gasteiger partial charge in [0.1, 0.15) is 5.58 Å². The maximum absolute atomic E-state index is 7.84. The standard InChI is InChI=1S/C36H31N2O.C25H25N2.Ir/c1-21(2)26-10-8-11-27(22(3)4)34(26)38-32-15-7-6-14-31(32)37-36(38)29-13-9-12-28-30-19-24-17-16-23(5)18-25(24)20-33(30)39-35(28)29;1-17(2)20-13-10-14-21(18(3)4)24(20)27-23-16-9-8-15-22(23)26-25(27)19-11-6-5-7-12-19;/h6-12,14-22H,1-5H3;5-11,13-18H,1-4H3;/q2*-1;/i5D3;;. The van der Waals surface area contributed by atoms with Gasteiger partial charge in [-0.05, 0) is 99.9 Å². The zero-order valence-corrected chi connectivity index (χ0v) is 41.7. The molecule has 6 heteroatoms. The second kappa shape index (κ2) is 18.6. The van der Waals surface area contributed by atoms with E-state index in [4.69, 9.17) is 18.5 Å². The van der Waals surface area contributed by atoms with Gasteiger partial charge >= 0.3 is 0 Å². The number of hydrogen-bond donors (Lipinski definition) is 0. The Morgan fingerprint density at radius 2 is 1.06 bits per heavy atom. The third kappa shape index (κ3) is 8.21. The summed E-state index contributed by atoms with van der Waals surface area (Å²) in [4.78, 5) is 10.2. The van der Waals surface area contributed by atoms with Crippen molar-refractivity contribution in [2.75, 3.05) is 0 Å². The molecule has 337 valence electrons. The fourth-order valence-corrected chi connectivity index (χ4v) is 9.58. The minimum Gasteiger partial charge on any atom is -0.501 e. The minimum atomic E-state index is -2.17. The van der Waals surface area contributed by atoms with Crippen LogP contribution in [0.4, 0.5) is 0 Å². The zero-order chi connectivity index (χ0) is 48.3. The maximum atomic E-state index is 7.84. The molecule has 0 aliphatic rings. The van der Waals surface area contributed by atoms with Crippen LogP contribution in [0.25, 0.3) is 88.9 Å². The van der Waals surface area contributed by atoms with Crippen LogP contribution < -0.4 is 0 Å². The molecule has 0 amide bonds. The van der Waals surface area contributed by atoms with Crippen molar-refractivity contribution in [2.24, 2.45) is 0 Å². The van der Waals surface area contributed by atoms with Crippen LogP contribution in [0.3, 0.4) is 0 Å². The van der Waals surface area contributed by atoms with E-state index in [0.29, 0.717) is 40.4 Å². The van der Waals surface area contributed by atoms with Crippen LogP contribution in [-0.2, 0) is 20.1 Å². The van der Waals surface area contributed by atoms with E-state index in [-0.39, 0.29) is 20.1 Å². The maximum Gasteiger partial charge on any atom is 0.121 e. The molecule has 0 bridgehead atoms. The number of imidazole rings is 2. The van der Waals surface area contributed by atoms with Crippen molar-refractivity contribution in [3.63, 3.8) is 0 Å². The van der Waals surface area contributed by atoms with E-state index in [9.17, 15) is 0 Å². The quantitative estimate of drug-likeness (QED) is 0.143. The van der Waals surface area contributed by atoms with Crippen molar-refractivity contribution in [3.05, 3.63) is 192 Å². The third-order valence-electron chi connectivity index (χ3n) is 12.8. The first-order valence-electron chi connectivity index (χ1n) is 24.7. The predicted octanol–water partition coefficient (Wildman–Crippen LogP) is 16.8. The summed E-state index contributed by atoms with van der Waals surface area (Å²) in [6.45, 7) is 15.8. The zero-order valence-electron chi connectivity index (χ0n) is 42.3. The van der Waals surface area contributed by atoms with Crippen molar-refractivity contribution in [1.82, 2.24) is 19.1 Å². The largest absolute Gasteiger partial charge is 0.501 e. The molecule has 0 saturated carbocycles. The number of fused-ring (bicyclic) bond motifs is 6. The summed E-state index contributed by atoms with van der Waals surface area (Å²) in [5.41, 5.74) is 15.3. The second-order valence-corrected chi connectivity index (χ2v) is 18.6. The van der Waals surface area contributed by atoms with Gasteiger partial charge < -0.3 is 13.6 Å². The number of aromatic nitrogens is 4. The summed E-state index contributed by atoms with van der Waals surface area (Å²) in [6.07, 6.45) is 0. The van der Waals surface area contributed by atoms with Gasteiger partial charge in [-0.25, -0.2) is 0 Å². The Bertz CT molecular complexity index is 3640. The van der Waals surface area contributed by atoms with Crippen LogP contribution in [0.5, 0.6) is 0 Å². The van der Waals surface area contributed by atoms with Gasteiger partial charge in [-0.2, -0.15) is 0 Å². The molecule has 67 heavy (non-hydrogen) atoms. The molecule has 11 aromatic rings. The Balaban J connectivity index is 0.000000188. The van der Waals surface area contributed by atoms with Gasteiger partial charge in [-0.1, -0.05) is 151 Å². The molecule has 0 aliphatic heterocycles. The molecule has 0 atom stereocenters. The SMILES string of the molecule is CC(C)c1cccc(C(C)C)c1-n1c(-c2[c-]cccc2)nc2ccccc21.[2H]C([2H])([2H])c1ccc2cc3c(cc2c1)oc1c(-c2nc4ccccc4n2-c2c(C(C)C)cccc2C(C)C)[c-]ccc13.[Ir]. The van der Waals surface area contributed by atoms with Crippen molar-refractivity contribution in [3.8, 4) is 34.2 Å². The van der Waals surface area contributed by atoms with Crippen molar-refractivity contribution in [1.29, 1.82) is 0 Å². The summed E-state index contributed by atoms with van der Waals surface area (Å²) in [5.74, 6) is 3.20. The summed E-state index contributed by atoms with van der Waals surface area (Å²) in [6, 6.07) is 58.1. The van der Waals surface area contributed by atoms with E-state index in [1.165, 1.54) is 27.9 Å². The van der Waals surface area contributed by atoms with Crippen LogP contribution in [0.2, 0.25) is 0 Å². The van der Waals surface area contributed by atoms with Gasteiger partial charge in [0.05, 0.1) is 39.3 Å². The number of benzene rings is 8. The van der Waals surface area contributed by atoms with E-state index in [1.54, 1.807) is 12.1 Å². The Kier molecular flexibility index (Phi) is 11.6. The van der Waals surface area contributed by atoms with Crippen molar-refractivity contribution < 1.29 is 28.6 Å². The van der Waals surface area contributed by atoms with Crippen LogP contribution in [0, 0.1) is 19.0 Å². The molecule has 0 N–H and O–H groups in total. The van der Waals surface area contributed by atoms with E-state index in [0.717, 1.165) is 72.1 Å². The number of nitrogens with zero attached hydrogens (tertiary/aromatic N) is 4. The van der Waals surface area contributed by atoms with Crippen molar-refractivity contribution in [2.45, 2.75) is 85.9 Å². The van der Waals surface area contributed by atoms with Gasteiger partial charge in [0.15, 0.2) is 0 Å². The second-order valence-electron chi connectivity index (χ2n) is 18.6. The molecule has 3 heterocycles. The molecule has 1 radical (unpaired) electrons. The fourth-order valence-electron chi connectivity index (χ4n) is 9.58. The first-order chi connectivity index (χ1) is 33.2. The first kappa shape index (κ1) is 41.8. The number of furan rings is 1. The minimum absolute atomic E-state index is 0. The number of aryl methyl sites for hydroxylation is 1. The molecular weight excluding hydrogens is 997 g/mol. The van der Waals surface area contributed by atoms with Gasteiger partial charge in [0.2, 0.25) is 0 Å². The molecule has 0 unspecified atom stereocenters. The normalized spacial score (nSPS) is 12.6. The number of para-hydroxylation sites is 6. The molecule has 8 aromatic carbocycles. The summed E-state index contributed by atoms with van der Waals surface area (Å²) in [5, 5.41) is 3.75. The Hall–Kier alpha value is -6.59. The third-order valence-corrected chi connectivity index (χ3v) is 12.8. The van der Waals surface area contributed by atoms with E-state index >= 15 is 0 Å². The van der Waals surface area contributed by atoms with Gasteiger partial charge in [-0.15, -0.1) is 54.1 Å². The average Bonchev–Trinajstić information content (AvgIpc) is 4.04. The van der Waals surface area contributed by atoms with E-state index < -0.39 is 6.85 Å². The molecule has 0 fully saturated rings. The smallest absolute Gasteiger partial charge is 0.121 e. The van der Waals surface area contributed by atoms with Gasteiger partial charge in [0.25, 0.3) is 0 Å². The summed E-state index contributed by atoms with van der Waals surface area (Å²) in [7, 11) is 0. The van der Waals surface area contributed by atoms with Crippen LogP contribution in [-0.4, -0.2) is 19.1 Å². The topological polar surface area (TPSA) is 48.8 Å². The first-order valence-corrected chi connectivity index (χ1v) is 23.2. The Morgan fingerprint density at radius 3 is 1.61 bits per heavy atom. The van der Waals surface area contributed by atoms with E-state index in [1.807, 2.05) is 48.5 Å². The van der Waals surface area contributed by atoms with Crippen LogP contribution in [0.1, 0.15) is 111 Å². The van der Waals surface area contributed by atoms with Crippen LogP contribution in [0.15, 0.2) is 156 Å². The molecule has 11 rings (SSSR count). The van der Waals surface area contributed by atoms with E-state index in [2.05, 4.69) is 168 Å². The summed E-state index contributed by atoms with van der Waals surface area (Å²) >= 11 is 0. The van der Waals surface area contributed by atoms with Crippen LogP contribution >= 0.6 is 0 Å². The van der Waals surface area contributed by atoms with Crippen molar-refractivity contribution >= 4 is 54.8 Å². The van der Waals surface area contributed by atoms with Gasteiger partial charge in [-0.3, -0.25) is 9.97 Å². The average molecular weight is 1060 g/mol. The number of rotatable bonds is 8. The fraction of sp³-hybridized carbons (Fsp3) is 0.213. The van der Waals surface area contributed by atoms with Gasteiger partial charge in [0, 0.05) is 41.0 Å². The number of hydrogen-bond acceptors (Lipinski definition) is 3. The monoisotopic (exact) mass is 1060 g/mol. The molecule has 5 nitrogen and oxygen atoms in total. The molecule has 0 saturated heterocycles.